The summed E-state index contributed by atoms with van der Waals surface area (Å²) >= 11 is 0. The number of ether oxygens (including phenoxy) is 1. The molecular weight excluding hydrogens is 266 g/mol. The number of carbonyl (C=O) groups is 1. The molecule has 0 saturated heterocycles. The van der Waals surface area contributed by atoms with E-state index in [0.717, 1.165) is 17.0 Å². The Balaban J connectivity index is 1.99. The quantitative estimate of drug-likeness (QED) is 0.919. The second kappa shape index (κ2) is 6.43. The minimum Gasteiger partial charge on any atom is -0.495 e. The number of hydrogen-bond acceptors (Lipinski definition) is 3. The third-order valence-corrected chi connectivity index (χ3v) is 3.64. The number of methoxy groups -OCH3 is 1. The van der Waals surface area contributed by atoms with Crippen molar-refractivity contribution >= 4 is 11.6 Å². The number of para-hydroxylation sites is 2. The molecule has 5 nitrogen and oxygen atoms in total. The highest BCUT2D eigenvalue weighted by atomic mass is 16.5. The zero-order chi connectivity index (χ0) is 15.4. The molecule has 0 aliphatic heterocycles. The van der Waals surface area contributed by atoms with Crippen LogP contribution < -0.4 is 10.1 Å². The van der Waals surface area contributed by atoms with Gasteiger partial charge in [0.2, 0.25) is 5.91 Å². The Labute approximate surface area is 124 Å². The Morgan fingerprint density at radius 3 is 2.67 bits per heavy atom. The van der Waals surface area contributed by atoms with Gasteiger partial charge >= 0.3 is 0 Å². The molecule has 0 atom stereocenters. The van der Waals surface area contributed by atoms with Crippen molar-refractivity contribution in [2.75, 3.05) is 12.4 Å². The Morgan fingerprint density at radius 2 is 2.05 bits per heavy atom. The SMILES string of the molecule is COc1ccccc1NC(=O)CCc1c(C)nn(C)c1C. The Hall–Kier alpha value is -2.30. The van der Waals surface area contributed by atoms with Gasteiger partial charge in [-0.25, -0.2) is 0 Å². The minimum atomic E-state index is -0.0258. The van der Waals surface area contributed by atoms with Crippen LogP contribution in [0.15, 0.2) is 24.3 Å². The molecule has 0 aliphatic carbocycles. The largest absolute Gasteiger partial charge is 0.495 e. The van der Waals surface area contributed by atoms with Crippen molar-refractivity contribution in [2.45, 2.75) is 26.7 Å². The summed E-state index contributed by atoms with van der Waals surface area (Å²) in [6.45, 7) is 3.99. The van der Waals surface area contributed by atoms with Crippen molar-refractivity contribution in [3.05, 3.63) is 41.2 Å². The maximum absolute atomic E-state index is 12.1. The normalized spacial score (nSPS) is 10.5. The summed E-state index contributed by atoms with van der Waals surface area (Å²) in [7, 11) is 3.51. The molecule has 0 spiro atoms. The monoisotopic (exact) mass is 287 g/mol. The zero-order valence-corrected chi connectivity index (χ0v) is 12.9. The third kappa shape index (κ3) is 3.42. The average molecular weight is 287 g/mol. The molecule has 21 heavy (non-hydrogen) atoms. The van der Waals surface area contributed by atoms with Gasteiger partial charge in [0.25, 0.3) is 0 Å². The predicted octanol–water partition coefficient (Wildman–Crippen LogP) is 2.62. The van der Waals surface area contributed by atoms with Crippen LogP contribution in [-0.4, -0.2) is 22.8 Å². The molecule has 1 aromatic heterocycles. The summed E-state index contributed by atoms with van der Waals surface area (Å²) in [6, 6.07) is 7.40. The lowest BCUT2D eigenvalue weighted by Gasteiger charge is -2.09. The second-order valence-electron chi connectivity index (χ2n) is 5.02. The molecule has 5 heteroatoms. The van der Waals surface area contributed by atoms with Crippen LogP contribution >= 0.6 is 0 Å². The zero-order valence-electron chi connectivity index (χ0n) is 12.9. The Kier molecular flexibility index (Phi) is 4.62. The fourth-order valence-corrected chi connectivity index (χ4v) is 2.38. The summed E-state index contributed by atoms with van der Waals surface area (Å²) < 4.78 is 7.07. The topological polar surface area (TPSA) is 56.1 Å². The van der Waals surface area contributed by atoms with Crippen molar-refractivity contribution < 1.29 is 9.53 Å². The van der Waals surface area contributed by atoms with Crippen LogP contribution in [-0.2, 0) is 18.3 Å². The highest BCUT2D eigenvalue weighted by Gasteiger charge is 2.12. The number of nitrogens with one attached hydrogen (secondary N) is 1. The molecular formula is C16H21N3O2. The van der Waals surface area contributed by atoms with Crippen LogP contribution in [0.5, 0.6) is 5.75 Å². The molecule has 1 heterocycles. The standard InChI is InChI=1S/C16H21N3O2/c1-11-13(12(2)19(3)18-11)9-10-16(20)17-14-7-5-6-8-15(14)21-4/h5-8H,9-10H2,1-4H3,(H,17,20). The van der Waals surface area contributed by atoms with Gasteiger partial charge in [0.05, 0.1) is 18.5 Å². The van der Waals surface area contributed by atoms with Crippen LogP contribution in [0.4, 0.5) is 5.69 Å². The average Bonchev–Trinajstić information content (AvgIpc) is 2.71. The Bertz CT molecular complexity index is 647. The maximum Gasteiger partial charge on any atom is 0.224 e. The van der Waals surface area contributed by atoms with Crippen molar-refractivity contribution in [3.63, 3.8) is 0 Å². The lowest BCUT2D eigenvalue weighted by molar-refractivity contribution is -0.116. The summed E-state index contributed by atoms with van der Waals surface area (Å²) in [5, 5.41) is 7.25. The van der Waals surface area contributed by atoms with E-state index in [1.54, 1.807) is 7.11 Å². The molecule has 0 saturated carbocycles. The summed E-state index contributed by atoms with van der Waals surface area (Å²) in [5.41, 5.74) is 3.94. The van der Waals surface area contributed by atoms with E-state index < -0.39 is 0 Å². The fourth-order valence-electron chi connectivity index (χ4n) is 2.38. The molecule has 1 amide bonds. The number of rotatable bonds is 5. The van der Waals surface area contributed by atoms with Crippen molar-refractivity contribution in [1.29, 1.82) is 0 Å². The predicted molar refractivity (Wildman–Crippen MR) is 82.6 cm³/mol. The molecule has 2 rings (SSSR count). The molecule has 1 N–H and O–H groups in total. The van der Waals surface area contributed by atoms with Crippen molar-refractivity contribution in [1.82, 2.24) is 9.78 Å². The maximum atomic E-state index is 12.1. The van der Waals surface area contributed by atoms with Gasteiger partial charge in [-0.15, -0.1) is 0 Å². The summed E-state index contributed by atoms with van der Waals surface area (Å²) in [4.78, 5) is 12.1. The number of amides is 1. The summed E-state index contributed by atoms with van der Waals surface area (Å²) in [5.74, 6) is 0.641. The second-order valence-corrected chi connectivity index (χ2v) is 5.02. The molecule has 0 fully saturated rings. The Morgan fingerprint density at radius 1 is 1.33 bits per heavy atom. The van der Waals surface area contributed by atoms with Gasteiger partial charge < -0.3 is 10.1 Å². The molecule has 0 radical (unpaired) electrons. The molecule has 0 unspecified atom stereocenters. The van der Waals surface area contributed by atoms with Gasteiger partial charge in [0.15, 0.2) is 0 Å². The van der Waals surface area contributed by atoms with Gasteiger partial charge in [-0.05, 0) is 38.0 Å². The van der Waals surface area contributed by atoms with E-state index in [1.807, 2.05) is 49.8 Å². The highest BCUT2D eigenvalue weighted by Crippen LogP contribution is 2.23. The van der Waals surface area contributed by atoms with E-state index in [2.05, 4.69) is 10.4 Å². The summed E-state index contributed by atoms with van der Waals surface area (Å²) in [6.07, 6.45) is 1.11. The molecule has 2 aromatic rings. The number of hydrogen-bond donors (Lipinski definition) is 1. The van der Waals surface area contributed by atoms with Crippen molar-refractivity contribution in [2.24, 2.45) is 7.05 Å². The molecule has 0 aliphatic rings. The molecule has 0 bridgehead atoms. The van der Waals surface area contributed by atoms with E-state index in [-0.39, 0.29) is 5.91 Å². The molecule has 1 aromatic carbocycles. The first-order valence-electron chi connectivity index (χ1n) is 6.95. The lowest BCUT2D eigenvalue weighted by atomic mass is 10.1. The first-order chi connectivity index (χ1) is 10.0. The fraction of sp³-hybridized carbons (Fsp3) is 0.375. The number of aryl methyl sites for hydroxylation is 2. The first-order valence-corrected chi connectivity index (χ1v) is 6.95. The number of benzene rings is 1. The van der Waals surface area contributed by atoms with E-state index >= 15 is 0 Å². The third-order valence-electron chi connectivity index (χ3n) is 3.64. The van der Waals surface area contributed by atoms with E-state index in [0.29, 0.717) is 24.3 Å². The van der Waals surface area contributed by atoms with Crippen LogP contribution in [0.3, 0.4) is 0 Å². The van der Waals surface area contributed by atoms with Crippen LogP contribution in [0.2, 0.25) is 0 Å². The number of nitrogens with zero attached hydrogens (tertiary/aromatic N) is 2. The minimum absolute atomic E-state index is 0.0258. The van der Waals surface area contributed by atoms with Crippen LogP contribution in [0, 0.1) is 13.8 Å². The number of anilines is 1. The smallest absolute Gasteiger partial charge is 0.224 e. The van der Waals surface area contributed by atoms with Gasteiger partial charge in [-0.3, -0.25) is 9.48 Å². The van der Waals surface area contributed by atoms with Gasteiger partial charge in [0.1, 0.15) is 5.75 Å². The number of aromatic nitrogens is 2. The van der Waals surface area contributed by atoms with E-state index in [1.165, 1.54) is 0 Å². The molecule has 112 valence electrons. The van der Waals surface area contributed by atoms with Gasteiger partial charge in [-0.2, -0.15) is 5.10 Å². The van der Waals surface area contributed by atoms with Crippen LogP contribution in [0.25, 0.3) is 0 Å². The van der Waals surface area contributed by atoms with Crippen LogP contribution in [0.1, 0.15) is 23.4 Å². The van der Waals surface area contributed by atoms with Crippen molar-refractivity contribution in [3.8, 4) is 5.75 Å². The van der Waals surface area contributed by atoms with Gasteiger partial charge in [0, 0.05) is 19.2 Å². The first kappa shape index (κ1) is 15.1. The van der Waals surface area contributed by atoms with E-state index in [4.69, 9.17) is 4.74 Å². The van der Waals surface area contributed by atoms with E-state index in [9.17, 15) is 4.79 Å². The lowest BCUT2D eigenvalue weighted by Crippen LogP contribution is -2.13. The highest BCUT2D eigenvalue weighted by molar-refractivity contribution is 5.92. The number of carbonyl (C=O) groups excluding carboxylic acids is 1. The van der Waals surface area contributed by atoms with Gasteiger partial charge in [-0.1, -0.05) is 12.1 Å².